The summed E-state index contributed by atoms with van der Waals surface area (Å²) in [6.45, 7) is 0. The number of rotatable bonds is 0. The highest BCUT2D eigenvalue weighted by Gasteiger charge is 1.85. The van der Waals surface area contributed by atoms with Crippen molar-refractivity contribution in [2.45, 2.75) is 0 Å². The third kappa shape index (κ3) is 0.695. The number of hydrogen-bond acceptors (Lipinski definition) is 1. The molecule has 0 saturated heterocycles. The largest absolute Gasteiger partial charge is 0.338 e. The molecule has 0 unspecified atom stereocenters. The molecule has 0 aliphatic heterocycles. The van der Waals surface area contributed by atoms with Crippen molar-refractivity contribution in [3.63, 3.8) is 0 Å². The first-order valence-electron chi connectivity index (χ1n) is 1.88. The van der Waals surface area contributed by atoms with Gasteiger partial charge in [-0.2, -0.15) is 0 Å². The van der Waals surface area contributed by atoms with E-state index in [4.69, 9.17) is 17.4 Å². The van der Waals surface area contributed by atoms with Gasteiger partial charge in [-0.15, -0.1) is 0 Å². The van der Waals surface area contributed by atoms with Crippen LogP contribution in [-0.4, -0.2) is 4.68 Å². The second kappa shape index (κ2) is 1.46. The Morgan fingerprint density at radius 3 is 2.57 bits per heavy atom. The summed E-state index contributed by atoms with van der Waals surface area (Å²) in [7, 11) is 0. The van der Waals surface area contributed by atoms with Crippen LogP contribution in [0.15, 0.2) is 18.3 Å². The lowest BCUT2D eigenvalue weighted by molar-refractivity contribution is 1.02. The number of nitrogens with zero attached hydrogens (tertiary/aromatic N) is 1. The van der Waals surface area contributed by atoms with Crippen molar-refractivity contribution < 1.29 is 0 Å². The standard InChI is InChI=1S/C4H5ClN2/c5-4-2-1-3-7(4)6/h1-3H,6H2. The van der Waals surface area contributed by atoms with E-state index in [1.54, 1.807) is 18.3 Å². The molecule has 0 atom stereocenters. The molecule has 0 saturated carbocycles. The molecule has 0 aliphatic rings. The Hall–Kier alpha value is -0.630. The van der Waals surface area contributed by atoms with Crippen molar-refractivity contribution in [2.75, 3.05) is 5.84 Å². The summed E-state index contributed by atoms with van der Waals surface area (Å²) in [6.07, 6.45) is 1.68. The first-order chi connectivity index (χ1) is 3.30. The molecular weight excluding hydrogens is 112 g/mol. The Balaban J connectivity index is 3.12. The van der Waals surface area contributed by atoms with Crippen LogP contribution >= 0.6 is 11.6 Å². The summed E-state index contributed by atoms with van der Waals surface area (Å²) in [5.74, 6) is 5.22. The monoisotopic (exact) mass is 116 g/mol. The molecule has 1 aromatic rings. The zero-order chi connectivity index (χ0) is 5.28. The van der Waals surface area contributed by atoms with Crippen molar-refractivity contribution in [2.24, 2.45) is 0 Å². The molecule has 0 aliphatic carbocycles. The fourth-order valence-electron chi connectivity index (χ4n) is 0.372. The highest BCUT2D eigenvalue weighted by atomic mass is 35.5. The summed E-state index contributed by atoms with van der Waals surface area (Å²) in [5, 5.41) is 0.556. The molecule has 1 aromatic heterocycles. The van der Waals surface area contributed by atoms with Gasteiger partial charge in [0.1, 0.15) is 5.15 Å². The van der Waals surface area contributed by atoms with Gasteiger partial charge in [-0.1, -0.05) is 11.6 Å². The number of nitrogen functional groups attached to an aromatic ring is 1. The molecule has 2 nitrogen and oxygen atoms in total. The minimum absolute atomic E-state index is 0.556. The van der Waals surface area contributed by atoms with Crippen molar-refractivity contribution >= 4 is 11.6 Å². The molecule has 3 heteroatoms. The van der Waals surface area contributed by atoms with Crippen LogP contribution in [0, 0.1) is 0 Å². The molecule has 1 heterocycles. The lowest BCUT2D eigenvalue weighted by Crippen LogP contribution is -2.04. The highest BCUT2D eigenvalue weighted by Crippen LogP contribution is 2.02. The zero-order valence-corrected chi connectivity index (χ0v) is 4.39. The van der Waals surface area contributed by atoms with Gasteiger partial charge in [0.25, 0.3) is 0 Å². The number of halogens is 1. The van der Waals surface area contributed by atoms with Gasteiger partial charge in [-0.3, -0.25) is 4.68 Å². The first-order valence-corrected chi connectivity index (χ1v) is 2.26. The molecule has 7 heavy (non-hydrogen) atoms. The van der Waals surface area contributed by atoms with Gasteiger partial charge in [0.05, 0.1) is 0 Å². The van der Waals surface area contributed by atoms with Crippen molar-refractivity contribution in [1.82, 2.24) is 4.68 Å². The first kappa shape index (κ1) is 4.53. The Morgan fingerprint density at radius 1 is 1.71 bits per heavy atom. The van der Waals surface area contributed by atoms with E-state index in [-0.39, 0.29) is 0 Å². The fourth-order valence-corrected chi connectivity index (χ4v) is 0.502. The van der Waals surface area contributed by atoms with E-state index < -0.39 is 0 Å². The van der Waals surface area contributed by atoms with E-state index >= 15 is 0 Å². The fraction of sp³-hybridized carbons (Fsp3) is 0. The Bertz CT molecular complexity index is 142. The van der Waals surface area contributed by atoms with Gasteiger partial charge in [0.15, 0.2) is 0 Å². The van der Waals surface area contributed by atoms with E-state index in [1.165, 1.54) is 4.68 Å². The second-order valence-corrected chi connectivity index (χ2v) is 1.63. The van der Waals surface area contributed by atoms with Gasteiger partial charge >= 0.3 is 0 Å². The highest BCUT2D eigenvalue weighted by molar-refractivity contribution is 6.29. The van der Waals surface area contributed by atoms with E-state index in [1.807, 2.05) is 0 Å². The van der Waals surface area contributed by atoms with Crippen LogP contribution in [0.4, 0.5) is 0 Å². The average Bonchev–Trinajstić information content (AvgIpc) is 1.91. The Morgan fingerprint density at radius 2 is 2.43 bits per heavy atom. The third-order valence-corrected chi connectivity index (χ3v) is 1.05. The van der Waals surface area contributed by atoms with Crippen LogP contribution in [0.5, 0.6) is 0 Å². The topological polar surface area (TPSA) is 30.9 Å². The van der Waals surface area contributed by atoms with E-state index in [0.29, 0.717) is 5.15 Å². The van der Waals surface area contributed by atoms with Crippen LogP contribution in [0.3, 0.4) is 0 Å². The molecule has 2 N–H and O–H groups in total. The number of hydrogen-bond donors (Lipinski definition) is 1. The smallest absolute Gasteiger partial charge is 0.127 e. The van der Waals surface area contributed by atoms with Crippen molar-refractivity contribution in [3.8, 4) is 0 Å². The zero-order valence-electron chi connectivity index (χ0n) is 3.63. The SMILES string of the molecule is Nn1cccc1Cl. The van der Waals surface area contributed by atoms with Crippen LogP contribution in [0.1, 0.15) is 0 Å². The number of aromatic nitrogens is 1. The van der Waals surface area contributed by atoms with Crippen molar-refractivity contribution in [1.29, 1.82) is 0 Å². The van der Waals surface area contributed by atoms with E-state index in [9.17, 15) is 0 Å². The van der Waals surface area contributed by atoms with Gasteiger partial charge in [0.2, 0.25) is 0 Å². The van der Waals surface area contributed by atoms with Crippen LogP contribution < -0.4 is 5.84 Å². The Labute approximate surface area is 46.5 Å². The maximum absolute atomic E-state index is 5.46. The summed E-state index contributed by atoms with van der Waals surface area (Å²) >= 11 is 5.46. The third-order valence-electron chi connectivity index (χ3n) is 0.727. The Kier molecular flexibility index (Phi) is 0.947. The lowest BCUT2D eigenvalue weighted by atomic mass is 10.7. The molecule has 0 bridgehead atoms. The molecule has 1 rings (SSSR count). The van der Waals surface area contributed by atoms with Crippen LogP contribution in [0.2, 0.25) is 5.15 Å². The van der Waals surface area contributed by atoms with Gasteiger partial charge in [-0.25, -0.2) is 0 Å². The van der Waals surface area contributed by atoms with Gasteiger partial charge in [0, 0.05) is 6.20 Å². The molecule has 0 spiro atoms. The molecule has 0 fully saturated rings. The summed E-state index contributed by atoms with van der Waals surface area (Å²) in [4.78, 5) is 0. The minimum Gasteiger partial charge on any atom is -0.338 e. The summed E-state index contributed by atoms with van der Waals surface area (Å²) in [5.41, 5.74) is 0. The minimum atomic E-state index is 0.556. The van der Waals surface area contributed by atoms with Crippen molar-refractivity contribution in [3.05, 3.63) is 23.5 Å². The maximum atomic E-state index is 5.46. The van der Waals surface area contributed by atoms with Crippen LogP contribution in [0.25, 0.3) is 0 Å². The summed E-state index contributed by atoms with van der Waals surface area (Å²) in [6, 6.07) is 3.50. The number of nitrogens with two attached hydrogens (primary N) is 1. The van der Waals surface area contributed by atoms with E-state index in [0.717, 1.165) is 0 Å². The maximum Gasteiger partial charge on any atom is 0.127 e. The van der Waals surface area contributed by atoms with Gasteiger partial charge < -0.3 is 5.84 Å². The summed E-state index contributed by atoms with van der Waals surface area (Å²) < 4.78 is 1.35. The predicted molar refractivity (Wildman–Crippen MR) is 29.6 cm³/mol. The quantitative estimate of drug-likeness (QED) is 0.501. The molecule has 0 radical (unpaired) electrons. The van der Waals surface area contributed by atoms with E-state index in [2.05, 4.69) is 0 Å². The average molecular weight is 117 g/mol. The normalized spacial score (nSPS) is 9.29. The van der Waals surface area contributed by atoms with Gasteiger partial charge in [-0.05, 0) is 12.1 Å². The molecule has 0 amide bonds. The molecular formula is C4H5ClN2. The predicted octanol–water partition coefficient (Wildman–Crippen LogP) is 0.855. The molecule has 38 valence electrons. The lowest BCUT2D eigenvalue weighted by Gasteiger charge is -1.88. The molecule has 0 aromatic carbocycles. The second-order valence-electron chi connectivity index (χ2n) is 1.24. The van der Waals surface area contributed by atoms with Crippen LogP contribution in [-0.2, 0) is 0 Å².